The number of hydrogen-bond acceptors (Lipinski definition) is 5. The highest BCUT2D eigenvalue weighted by Gasteiger charge is 2.23. The third kappa shape index (κ3) is 5.23. The zero-order valence-electron chi connectivity index (χ0n) is 15.8. The lowest BCUT2D eigenvalue weighted by molar-refractivity contribution is 0.0977. The Labute approximate surface area is 176 Å². The van der Waals surface area contributed by atoms with Crippen LogP contribution in [0, 0.1) is 11.6 Å². The molecular formula is C21H16F2N2O5S. The minimum atomic E-state index is -4.64. The fourth-order valence-electron chi connectivity index (χ4n) is 2.68. The fourth-order valence-corrected chi connectivity index (χ4v) is 3.74. The van der Waals surface area contributed by atoms with Gasteiger partial charge in [0.2, 0.25) is 0 Å². The third-order valence-electron chi connectivity index (χ3n) is 4.15. The van der Waals surface area contributed by atoms with Crippen LogP contribution in [0.5, 0.6) is 5.75 Å². The number of carbonyl (C=O) groups excluding carboxylic acids is 2. The summed E-state index contributed by atoms with van der Waals surface area (Å²) in [6, 6.07) is 14.0. The first-order valence-electron chi connectivity index (χ1n) is 8.80. The van der Waals surface area contributed by atoms with Gasteiger partial charge in [-0.05, 0) is 48.0 Å². The number of primary amides is 1. The number of benzene rings is 3. The van der Waals surface area contributed by atoms with E-state index in [1.54, 1.807) is 29.0 Å². The third-order valence-corrected chi connectivity index (χ3v) is 5.49. The summed E-state index contributed by atoms with van der Waals surface area (Å²) in [5, 5.41) is 0. The smallest absolute Gasteiger partial charge is 0.267 e. The Bertz CT molecular complexity index is 1260. The van der Waals surface area contributed by atoms with Gasteiger partial charge in [0.25, 0.3) is 21.8 Å². The Balaban J connectivity index is 1.76. The summed E-state index contributed by atoms with van der Waals surface area (Å²) in [6.45, 7) is -0.0450. The minimum Gasteiger partial charge on any atom is -0.488 e. The molecule has 0 unspecified atom stereocenters. The molecule has 0 spiro atoms. The summed E-state index contributed by atoms with van der Waals surface area (Å²) in [5.74, 6) is -3.63. The highest BCUT2D eigenvalue weighted by Crippen LogP contribution is 2.20. The number of amides is 2. The van der Waals surface area contributed by atoms with E-state index in [2.05, 4.69) is 0 Å². The second-order valence-electron chi connectivity index (χ2n) is 6.36. The highest BCUT2D eigenvalue weighted by atomic mass is 32.2. The monoisotopic (exact) mass is 446 g/mol. The minimum absolute atomic E-state index is 0.0450. The van der Waals surface area contributed by atoms with E-state index in [4.69, 9.17) is 10.5 Å². The predicted octanol–water partition coefficient (Wildman–Crippen LogP) is 2.76. The molecule has 0 radical (unpaired) electrons. The van der Waals surface area contributed by atoms with Crippen molar-refractivity contribution in [2.24, 2.45) is 5.73 Å². The topological polar surface area (TPSA) is 116 Å². The molecule has 3 aromatic carbocycles. The average Bonchev–Trinajstić information content (AvgIpc) is 2.74. The van der Waals surface area contributed by atoms with Crippen molar-refractivity contribution in [2.45, 2.75) is 11.5 Å². The lowest BCUT2D eigenvalue weighted by Crippen LogP contribution is -2.31. The normalized spacial score (nSPS) is 11.0. The molecule has 7 nitrogen and oxygen atoms in total. The lowest BCUT2D eigenvalue weighted by Gasteiger charge is -2.11. The van der Waals surface area contributed by atoms with Gasteiger partial charge in [-0.2, -0.15) is 0 Å². The van der Waals surface area contributed by atoms with E-state index in [0.29, 0.717) is 17.7 Å². The maximum atomic E-state index is 13.8. The second kappa shape index (κ2) is 8.92. The molecule has 0 heterocycles. The van der Waals surface area contributed by atoms with Crippen LogP contribution in [0.1, 0.15) is 26.3 Å². The molecule has 0 saturated heterocycles. The van der Waals surface area contributed by atoms with Crippen molar-refractivity contribution in [2.75, 3.05) is 0 Å². The number of halogens is 2. The molecule has 31 heavy (non-hydrogen) atoms. The van der Waals surface area contributed by atoms with Crippen LogP contribution in [0.3, 0.4) is 0 Å². The molecule has 0 atom stereocenters. The SMILES string of the molecule is NC(=O)c1ccccc1OCc1cccc(C(=O)NS(=O)(=O)c2cc(F)ccc2F)c1. The molecule has 3 aromatic rings. The van der Waals surface area contributed by atoms with Crippen LogP contribution in [0.2, 0.25) is 0 Å². The van der Waals surface area contributed by atoms with E-state index < -0.39 is 38.4 Å². The summed E-state index contributed by atoms with van der Waals surface area (Å²) in [4.78, 5) is 22.9. The van der Waals surface area contributed by atoms with Crippen LogP contribution in [-0.2, 0) is 16.6 Å². The highest BCUT2D eigenvalue weighted by molar-refractivity contribution is 7.90. The molecule has 10 heteroatoms. The van der Waals surface area contributed by atoms with Crippen molar-refractivity contribution in [1.29, 1.82) is 0 Å². The van der Waals surface area contributed by atoms with E-state index in [0.717, 1.165) is 6.07 Å². The van der Waals surface area contributed by atoms with Gasteiger partial charge in [-0.25, -0.2) is 21.9 Å². The Hall–Kier alpha value is -3.79. The van der Waals surface area contributed by atoms with Crippen LogP contribution in [0.25, 0.3) is 0 Å². The number of rotatable bonds is 7. The van der Waals surface area contributed by atoms with Gasteiger partial charge >= 0.3 is 0 Å². The van der Waals surface area contributed by atoms with E-state index in [1.807, 2.05) is 0 Å². The van der Waals surface area contributed by atoms with Gasteiger partial charge < -0.3 is 10.5 Å². The maximum Gasteiger partial charge on any atom is 0.267 e. The maximum absolute atomic E-state index is 13.8. The molecule has 160 valence electrons. The Morgan fingerprint density at radius 2 is 1.71 bits per heavy atom. The summed E-state index contributed by atoms with van der Waals surface area (Å²) in [7, 11) is -4.64. The quantitative estimate of drug-likeness (QED) is 0.579. The predicted molar refractivity (Wildman–Crippen MR) is 107 cm³/mol. The molecule has 0 aliphatic rings. The number of ether oxygens (including phenoxy) is 1. The van der Waals surface area contributed by atoms with Crippen LogP contribution in [0.15, 0.2) is 71.6 Å². The van der Waals surface area contributed by atoms with Crippen molar-refractivity contribution >= 4 is 21.8 Å². The lowest BCUT2D eigenvalue weighted by atomic mass is 10.1. The largest absolute Gasteiger partial charge is 0.488 e. The number of sulfonamides is 1. The van der Waals surface area contributed by atoms with Gasteiger partial charge in [0.1, 0.15) is 28.9 Å². The number of nitrogens with two attached hydrogens (primary N) is 1. The van der Waals surface area contributed by atoms with Crippen molar-refractivity contribution < 1.29 is 31.5 Å². The number of hydrogen-bond donors (Lipinski definition) is 2. The van der Waals surface area contributed by atoms with Crippen molar-refractivity contribution in [3.05, 3.63) is 95.1 Å². The van der Waals surface area contributed by atoms with E-state index in [-0.39, 0.29) is 23.5 Å². The molecule has 2 amide bonds. The van der Waals surface area contributed by atoms with Gasteiger partial charge in [-0.15, -0.1) is 0 Å². The van der Waals surface area contributed by atoms with E-state index >= 15 is 0 Å². The molecule has 0 aliphatic carbocycles. The molecule has 3 N–H and O–H groups in total. The zero-order chi connectivity index (χ0) is 22.6. The van der Waals surface area contributed by atoms with E-state index in [1.165, 1.54) is 24.3 Å². The zero-order valence-corrected chi connectivity index (χ0v) is 16.7. The standard InChI is InChI=1S/C21H16F2N2O5S/c22-15-8-9-17(23)19(11-15)31(28,29)25-21(27)14-5-3-4-13(10-14)12-30-18-7-2-1-6-16(18)20(24)26/h1-11H,12H2,(H2,24,26)(H,25,27). The summed E-state index contributed by atoms with van der Waals surface area (Å²) < 4.78 is 58.9. The van der Waals surface area contributed by atoms with Crippen LogP contribution in [-0.4, -0.2) is 20.2 Å². The van der Waals surface area contributed by atoms with Crippen molar-refractivity contribution in [1.82, 2.24) is 4.72 Å². The molecule has 0 aliphatic heterocycles. The number of nitrogens with one attached hydrogen (secondary N) is 1. The van der Waals surface area contributed by atoms with Crippen molar-refractivity contribution in [3.63, 3.8) is 0 Å². The molecule has 0 fully saturated rings. The molecule has 0 saturated carbocycles. The van der Waals surface area contributed by atoms with Gasteiger partial charge in [0, 0.05) is 5.56 Å². The Morgan fingerprint density at radius 1 is 0.968 bits per heavy atom. The number of para-hydroxylation sites is 1. The van der Waals surface area contributed by atoms with Crippen LogP contribution >= 0.6 is 0 Å². The Morgan fingerprint density at radius 3 is 2.45 bits per heavy atom. The fraction of sp³-hybridized carbons (Fsp3) is 0.0476. The summed E-state index contributed by atoms with van der Waals surface area (Å²) in [5.41, 5.74) is 5.91. The van der Waals surface area contributed by atoms with Gasteiger partial charge in [0.05, 0.1) is 5.56 Å². The van der Waals surface area contributed by atoms with Crippen LogP contribution < -0.4 is 15.2 Å². The average molecular weight is 446 g/mol. The number of carbonyl (C=O) groups is 2. The molecule has 0 bridgehead atoms. The summed E-state index contributed by atoms with van der Waals surface area (Å²) in [6.07, 6.45) is 0. The first kappa shape index (κ1) is 21.9. The van der Waals surface area contributed by atoms with Gasteiger partial charge in [0.15, 0.2) is 0 Å². The molecule has 0 aromatic heterocycles. The van der Waals surface area contributed by atoms with E-state index in [9.17, 15) is 26.8 Å². The summed E-state index contributed by atoms with van der Waals surface area (Å²) >= 11 is 0. The first-order chi connectivity index (χ1) is 14.7. The Kier molecular flexibility index (Phi) is 6.30. The van der Waals surface area contributed by atoms with Crippen molar-refractivity contribution in [3.8, 4) is 5.75 Å². The molecular weight excluding hydrogens is 430 g/mol. The second-order valence-corrected chi connectivity index (χ2v) is 8.01. The van der Waals surface area contributed by atoms with Crippen LogP contribution in [0.4, 0.5) is 8.78 Å². The first-order valence-corrected chi connectivity index (χ1v) is 10.3. The molecule has 3 rings (SSSR count). The van der Waals surface area contributed by atoms with Gasteiger partial charge in [-0.1, -0.05) is 24.3 Å². The van der Waals surface area contributed by atoms with Gasteiger partial charge in [-0.3, -0.25) is 9.59 Å².